The number of nitrogens with zero attached hydrogens (tertiary/aromatic N) is 10. The molecule has 4 saturated carbocycles. The zero-order valence-electron chi connectivity index (χ0n) is 35.5. The van der Waals surface area contributed by atoms with E-state index in [-0.39, 0.29) is 51.6 Å². The van der Waals surface area contributed by atoms with Crippen LogP contribution in [0, 0.1) is 46.3 Å². The number of nitrogens with two attached hydrogens (primary N) is 1. The molecule has 5 unspecified atom stereocenters. The summed E-state index contributed by atoms with van der Waals surface area (Å²) < 4.78 is 63.3. The normalized spacial score (nSPS) is 26.6. The van der Waals surface area contributed by atoms with E-state index in [2.05, 4.69) is 25.3 Å². The van der Waals surface area contributed by atoms with Crippen LogP contribution in [0.15, 0.2) is 39.3 Å². The van der Waals surface area contributed by atoms with E-state index in [9.17, 15) is 41.2 Å². The van der Waals surface area contributed by atoms with Gasteiger partial charge >= 0.3 is 0 Å². The standard InChI is InChI=1S/C20H24N6O3S.C15H14N4O2S.C6H14N2O2S/c1-30(28,29)25-4-2-16(3-5-25)23-20-22-11-15-7-14(10-21)19(27)26(18(15)24-20)17-8-12-6-13(12)9-17;1-22(21)15-17-7-11-3-10(6-16)14(20)19(13(11)18-15)12-4-8-2-9(8)5-12;1-11(9,10)8-4-2-6(7)3-5-8/h7,11-13,16-17H,2-6,8-9H2,1H3,(H,22,23,24);3,7-9,12H,2,4-5H2,1H3;6H,2-5,7H2,1H3. The maximum absolute atomic E-state index is 13.0. The van der Waals surface area contributed by atoms with Gasteiger partial charge in [0, 0.05) is 79.8 Å². The maximum Gasteiger partial charge on any atom is 0.270 e. The van der Waals surface area contributed by atoms with Crippen LogP contribution in [0.2, 0.25) is 0 Å². The quantitative estimate of drug-likeness (QED) is 0.252. The van der Waals surface area contributed by atoms with Crippen molar-refractivity contribution in [2.45, 2.75) is 93.5 Å². The SMILES string of the molecule is CS(=O)(=O)N1CCC(N)CC1.CS(=O)(=O)N1CCC(Nc2ncc3cc(C#N)c(=O)n(C4CC5CC5C4)c3n2)CC1.CS(=O)c1ncc2cc(C#N)c(=O)n(C3CC4CC4C3)c2n1. The molecule has 0 radical (unpaired) electrons. The molecule has 4 aromatic heterocycles. The average Bonchev–Trinajstić information content (AvgIpc) is 4.08. The van der Waals surface area contributed by atoms with Crippen molar-refractivity contribution in [2.75, 3.05) is 50.3 Å². The lowest BCUT2D eigenvalue weighted by atomic mass is 10.1. The van der Waals surface area contributed by atoms with E-state index in [1.54, 1.807) is 27.6 Å². The van der Waals surface area contributed by atoms with E-state index in [0.717, 1.165) is 38.5 Å². The molecule has 3 N–H and O–H groups in total. The van der Waals surface area contributed by atoms with Gasteiger partial charge in [0.1, 0.15) is 34.6 Å². The number of rotatable bonds is 7. The summed E-state index contributed by atoms with van der Waals surface area (Å²) in [5.74, 6) is 3.24. The number of anilines is 1. The fourth-order valence-corrected chi connectivity index (χ4v) is 11.9. The number of hydrogen-bond acceptors (Lipinski definition) is 15. The first-order valence-corrected chi connectivity index (χ1v) is 26.6. The molecule has 4 aliphatic carbocycles. The number of nitriles is 2. The van der Waals surface area contributed by atoms with Crippen molar-refractivity contribution < 1.29 is 21.0 Å². The van der Waals surface area contributed by atoms with Crippen LogP contribution in [-0.2, 0) is 30.8 Å². The zero-order chi connectivity index (χ0) is 45.0. The molecular weight excluding hydrogens is 869 g/mol. The minimum Gasteiger partial charge on any atom is -0.351 e. The predicted molar refractivity (Wildman–Crippen MR) is 236 cm³/mol. The summed E-state index contributed by atoms with van der Waals surface area (Å²) in [6.45, 7) is 2.09. The van der Waals surface area contributed by atoms with Crippen molar-refractivity contribution in [1.29, 1.82) is 10.5 Å². The Morgan fingerprint density at radius 2 is 1.13 bits per heavy atom. The summed E-state index contributed by atoms with van der Waals surface area (Å²) in [4.78, 5) is 43.0. The van der Waals surface area contributed by atoms with Gasteiger partial charge in [-0.3, -0.25) is 22.9 Å². The minimum absolute atomic E-state index is 0.0677. The molecule has 2 aliphatic heterocycles. The Labute approximate surface area is 368 Å². The molecule has 6 heterocycles. The van der Waals surface area contributed by atoms with E-state index >= 15 is 0 Å². The number of hydrogen-bond donors (Lipinski definition) is 2. The molecule has 0 spiro atoms. The lowest BCUT2D eigenvalue weighted by Crippen LogP contribution is -2.42. The zero-order valence-corrected chi connectivity index (χ0v) is 37.9. The number of fused-ring (bicyclic) bond motifs is 4. The largest absolute Gasteiger partial charge is 0.351 e. The molecular formula is C41H52N12O7S3. The summed E-state index contributed by atoms with van der Waals surface area (Å²) in [5, 5.41) is 23.4. The first kappa shape index (κ1) is 44.9. The molecule has 336 valence electrons. The predicted octanol–water partition coefficient (Wildman–Crippen LogP) is 2.21. The second-order valence-electron chi connectivity index (χ2n) is 17.9. The lowest BCUT2D eigenvalue weighted by Gasteiger charge is -2.30. The van der Waals surface area contributed by atoms with Crippen molar-refractivity contribution >= 4 is 58.9 Å². The summed E-state index contributed by atoms with van der Waals surface area (Å²) >= 11 is 0. The molecule has 4 aromatic rings. The maximum atomic E-state index is 13.0. The van der Waals surface area contributed by atoms with Crippen molar-refractivity contribution in [1.82, 2.24) is 37.7 Å². The van der Waals surface area contributed by atoms with Crippen LogP contribution in [0.5, 0.6) is 0 Å². The van der Waals surface area contributed by atoms with E-state index in [4.69, 9.17) is 5.73 Å². The number of aromatic nitrogens is 6. The van der Waals surface area contributed by atoms with Crippen molar-refractivity contribution in [3.63, 3.8) is 0 Å². The monoisotopic (exact) mass is 920 g/mol. The third kappa shape index (κ3) is 9.86. The van der Waals surface area contributed by atoms with Crippen molar-refractivity contribution in [3.05, 3.63) is 56.4 Å². The Hall–Kier alpha value is -4.71. The fourth-order valence-electron chi connectivity index (χ4n) is 9.78. The fraction of sp³-hybridized carbons (Fsp3) is 0.610. The Morgan fingerprint density at radius 1 is 0.698 bits per heavy atom. The highest BCUT2D eigenvalue weighted by Crippen LogP contribution is 2.56. The Kier molecular flexibility index (Phi) is 12.6. The van der Waals surface area contributed by atoms with Gasteiger partial charge < -0.3 is 11.1 Å². The minimum atomic E-state index is -3.17. The highest BCUT2D eigenvalue weighted by molar-refractivity contribution is 7.88. The highest BCUT2D eigenvalue weighted by Gasteiger charge is 2.48. The van der Waals surface area contributed by atoms with E-state index in [1.165, 1.54) is 46.3 Å². The molecule has 0 bridgehead atoms. The van der Waals surface area contributed by atoms with Crippen LogP contribution in [-0.4, -0.2) is 116 Å². The number of sulfonamides is 2. The summed E-state index contributed by atoms with van der Waals surface area (Å²) in [7, 11) is -7.45. The molecule has 22 heteroatoms. The van der Waals surface area contributed by atoms with Gasteiger partial charge in [0.2, 0.25) is 31.2 Å². The van der Waals surface area contributed by atoms with Crippen LogP contribution < -0.4 is 22.2 Å². The second kappa shape index (κ2) is 17.7. The molecule has 19 nitrogen and oxygen atoms in total. The van der Waals surface area contributed by atoms with E-state index < -0.39 is 30.8 Å². The molecule has 5 atom stereocenters. The number of nitrogens with one attached hydrogen (secondary N) is 1. The molecule has 0 aromatic carbocycles. The highest BCUT2D eigenvalue weighted by atomic mass is 32.2. The molecule has 63 heavy (non-hydrogen) atoms. The first-order valence-electron chi connectivity index (χ1n) is 21.3. The van der Waals surface area contributed by atoms with Gasteiger partial charge in [-0.05, 0) is 100 Å². The Bertz CT molecular complexity index is 2880. The van der Waals surface area contributed by atoms with Gasteiger partial charge in [-0.2, -0.15) is 15.5 Å². The van der Waals surface area contributed by atoms with Crippen LogP contribution >= 0.6 is 0 Å². The summed E-state index contributed by atoms with van der Waals surface area (Å²) in [6, 6.07) is 7.48. The second-order valence-corrected chi connectivity index (χ2v) is 23.1. The van der Waals surface area contributed by atoms with Crippen molar-refractivity contribution in [3.8, 4) is 12.1 Å². The number of piperidine rings is 2. The first-order chi connectivity index (χ1) is 29.9. The third-order valence-electron chi connectivity index (χ3n) is 13.4. The van der Waals surface area contributed by atoms with E-state index in [0.29, 0.717) is 90.7 Å². The van der Waals surface area contributed by atoms with Crippen LogP contribution in [0.1, 0.15) is 87.4 Å². The van der Waals surface area contributed by atoms with Crippen LogP contribution in [0.4, 0.5) is 5.95 Å². The van der Waals surface area contributed by atoms with Crippen molar-refractivity contribution in [2.24, 2.45) is 29.4 Å². The van der Waals surface area contributed by atoms with Gasteiger partial charge in [-0.25, -0.2) is 40.4 Å². The lowest BCUT2D eigenvalue weighted by molar-refractivity contribution is 0.322. The van der Waals surface area contributed by atoms with Crippen LogP contribution in [0.3, 0.4) is 0 Å². The smallest absolute Gasteiger partial charge is 0.270 e. The summed E-state index contributed by atoms with van der Waals surface area (Å²) in [5.41, 5.74) is 6.35. The average molecular weight is 921 g/mol. The molecule has 2 saturated heterocycles. The molecule has 10 rings (SSSR count). The molecule has 6 fully saturated rings. The molecule has 6 aliphatic rings. The number of pyridine rings is 2. The van der Waals surface area contributed by atoms with Gasteiger partial charge in [0.05, 0.1) is 23.3 Å². The Morgan fingerprint density at radius 3 is 1.56 bits per heavy atom. The van der Waals surface area contributed by atoms with E-state index in [1.807, 2.05) is 12.1 Å². The topological polar surface area (TPSA) is 273 Å². The third-order valence-corrected chi connectivity index (χ3v) is 16.7. The van der Waals surface area contributed by atoms with Crippen LogP contribution in [0.25, 0.3) is 22.1 Å². The molecule has 0 amide bonds. The van der Waals surface area contributed by atoms with Gasteiger partial charge in [0.15, 0.2) is 0 Å². The van der Waals surface area contributed by atoms with Gasteiger partial charge in [0.25, 0.3) is 11.1 Å². The summed E-state index contributed by atoms with van der Waals surface area (Å²) in [6.07, 6.45) is 16.4. The van der Waals surface area contributed by atoms with Gasteiger partial charge in [-0.15, -0.1) is 0 Å². The Balaban J connectivity index is 0.000000144. The van der Waals surface area contributed by atoms with Gasteiger partial charge in [-0.1, -0.05) is 0 Å².